The van der Waals surface area contributed by atoms with E-state index in [1.165, 1.54) is 0 Å². The van der Waals surface area contributed by atoms with Gasteiger partial charge in [0.1, 0.15) is 21.7 Å². The Bertz CT molecular complexity index is 1930. The lowest BCUT2D eigenvalue weighted by Crippen LogP contribution is -2.02. The van der Waals surface area contributed by atoms with Crippen LogP contribution in [0.5, 0.6) is 5.75 Å². The number of para-hydroxylation sites is 1. The molecule has 5 N–H and O–H groups in total. The number of fused-ring (bicyclic) bond motifs is 4. The minimum Gasteiger partial charge on any atom is -0.505 e. The fourth-order valence-electron chi connectivity index (χ4n) is 3.82. The summed E-state index contributed by atoms with van der Waals surface area (Å²) in [6, 6.07) is 15.0. The van der Waals surface area contributed by atoms with Gasteiger partial charge in [0.15, 0.2) is 5.75 Å². The van der Waals surface area contributed by atoms with Crippen molar-refractivity contribution in [1.29, 1.82) is 0 Å². The van der Waals surface area contributed by atoms with Crippen LogP contribution in [-0.2, 0) is 20.2 Å². The van der Waals surface area contributed by atoms with Crippen molar-refractivity contribution in [3.8, 4) is 5.75 Å². The van der Waals surface area contributed by atoms with Crippen molar-refractivity contribution in [2.45, 2.75) is 9.79 Å². The number of nitrogens with two attached hydrogens (primary N) is 1. The highest BCUT2D eigenvalue weighted by Gasteiger charge is 2.24. The van der Waals surface area contributed by atoms with Crippen LogP contribution in [0.4, 0.5) is 17.1 Å². The van der Waals surface area contributed by atoms with Crippen LogP contribution in [0.3, 0.4) is 0 Å². The van der Waals surface area contributed by atoms with Crippen LogP contribution in [-0.4, -0.2) is 31.0 Å². The van der Waals surface area contributed by atoms with E-state index in [1.807, 2.05) is 18.2 Å². The predicted octanol–water partition coefficient (Wildman–Crippen LogP) is 4.94. The first-order chi connectivity index (χ1) is 16.4. The van der Waals surface area contributed by atoms with Gasteiger partial charge in [0.05, 0.1) is 10.6 Å². The van der Waals surface area contributed by atoms with E-state index in [1.54, 1.807) is 24.3 Å². The van der Waals surface area contributed by atoms with Crippen LogP contribution in [0.1, 0.15) is 0 Å². The maximum Gasteiger partial charge on any atom is 0.296 e. The Kier molecular flexibility index (Phi) is 5.03. The van der Waals surface area contributed by atoms with E-state index < -0.39 is 41.5 Å². The molecule has 11 nitrogen and oxygen atoms in total. The second-order valence-electron chi connectivity index (χ2n) is 7.61. The Hall–Kier alpha value is -4.04. The summed E-state index contributed by atoms with van der Waals surface area (Å²) < 4.78 is 71.9. The van der Waals surface area contributed by atoms with E-state index in [0.717, 1.165) is 29.0 Å². The fourth-order valence-corrected chi connectivity index (χ4v) is 5.03. The molecular weight excluding hydrogens is 498 g/mol. The van der Waals surface area contributed by atoms with Gasteiger partial charge in [-0.25, -0.2) is 0 Å². The van der Waals surface area contributed by atoms with Crippen molar-refractivity contribution in [2.75, 3.05) is 5.73 Å². The van der Waals surface area contributed by atoms with E-state index in [-0.39, 0.29) is 22.1 Å². The summed E-state index contributed by atoms with van der Waals surface area (Å²) in [4.78, 5) is -1.47. The van der Waals surface area contributed by atoms with E-state index in [9.17, 15) is 31.0 Å². The highest BCUT2D eigenvalue weighted by Crippen LogP contribution is 2.44. The summed E-state index contributed by atoms with van der Waals surface area (Å²) in [6.07, 6.45) is 0. The quantitative estimate of drug-likeness (QED) is 0.146. The van der Waals surface area contributed by atoms with Crippen molar-refractivity contribution >= 4 is 70.0 Å². The van der Waals surface area contributed by atoms with Crippen molar-refractivity contribution < 1.29 is 35.5 Å². The van der Waals surface area contributed by atoms with Crippen LogP contribution < -0.4 is 5.73 Å². The third kappa shape index (κ3) is 3.95. The zero-order valence-electron chi connectivity index (χ0n) is 17.4. The van der Waals surface area contributed by atoms with Gasteiger partial charge in [-0.15, -0.1) is 5.11 Å². The number of phenols is 1. The highest BCUT2D eigenvalue weighted by atomic mass is 32.2. The Balaban J connectivity index is 1.69. The highest BCUT2D eigenvalue weighted by molar-refractivity contribution is 7.86. The molecule has 0 bridgehead atoms. The average Bonchev–Trinajstić information content (AvgIpc) is 3.14. The number of phenolic OH excluding ortho intramolecular Hbond substituents is 1. The number of hydrogen-bond acceptors (Lipinski definition) is 9. The molecule has 5 rings (SSSR count). The molecule has 0 atom stereocenters. The van der Waals surface area contributed by atoms with Gasteiger partial charge in [-0.3, -0.25) is 9.11 Å². The van der Waals surface area contributed by atoms with Crippen LogP contribution in [0.2, 0.25) is 0 Å². The molecule has 0 saturated carbocycles. The van der Waals surface area contributed by atoms with Gasteiger partial charge in [0.2, 0.25) is 0 Å². The fraction of sp³-hybridized carbons (Fsp3) is 0. The molecule has 0 aliphatic rings. The van der Waals surface area contributed by atoms with Gasteiger partial charge < -0.3 is 15.3 Å². The molecule has 13 heteroatoms. The maximum absolute atomic E-state index is 12.0. The second kappa shape index (κ2) is 7.74. The van der Waals surface area contributed by atoms with Gasteiger partial charge >= 0.3 is 0 Å². The number of furan rings is 1. The minimum atomic E-state index is -4.95. The Labute approximate surface area is 197 Å². The number of anilines is 1. The number of nitrogen functional groups attached to an aromatic ring is 1. The number of azo groups is 1. The molecule has 0 aliphatic heterocycles. The van der Waals surface area contributed by atoms with Crippen molar-refractivity contribution in [3.63, 3.8) is 0 Å². The van der Waals surface area contributed by atoms with E-state index >= 15 is 0 Å². The molecule has 0 amide bonds. The maximum atomic E-state index is 12.0. The monoisotopic (exact) mass is 513 g/mol. The number of benzene rings is 4. The summed E-state index contributed by atoms with van der Waals surface area (Å²) >= 11 is 0. The number of hydrogen-bond donors (Lipinski definition) is 4. The van der Waals surface area contributed by atoms with Crippen molar-refractivity contribution in [2.24, 2.45) is 10.2 Å². The van der Waals surface area contributed by atoms with Gasteiger partial charge in [-0.05, 0) is 41.8 Å². The topological polar surface area (TPSA) is 193 Å². The Morgan fingerprint density at radius 2 is 1.51 bits per heavy atom. The first-order valence-corrected chi connectivity index (χ1v) is 12.7. The standard InChI is InChI=1S/C22H15N3O8S2/c23-16-10-13(34(27,28)29)7-11-8-19(35(30,31)32)21(22(26)20(11)16)25-24-12-5-6-15-14-3-1-2-4-17(14)33-18(15)9-12/h1-10,26H,23H2,(H,27,28,29)(H,30,31,32). The van der Waals surface area contributed by atoms with Crippen LogP contribution in [0.15, 0.2) is 85.1 Å². The van der Waals surface area contributed by atoms with Crippen molar-refractivity contribution in [3.05, 3.63) is 60.7 Å². The number of nitrogens with zero attached hydrogens (tertiary/aromatic N) is 2. The van der Waals surface area contributed by atoms with Gasteiger partial charge in [-0.2, -0.15) is 21.9 Å². The summed E-state index contributed by atoms with van der Waals surface area (Å²) in [5.74, 6) is -0.761. The molecule has 0 fully saturated rings. The molecule has 5 aromatic rings. The first kappa shape index (κ1) is 22.7. The van der Waals surface area contributed by atoms with Gasteiger partial charge in [0.25, 0.3) is 20.2 Å². The smallest absolute Gasteiger partial charge is 0.296 e. The number of aromatic hydroxyl groups is 1. The Morgan fingerprint density at radius 1 is 0.800 bits per heavy atom. The molecule has 178 valence electrons. The van der Waals surface area contributed by atoms with E-state index in [2.05, 4.69) is 10.2 Å². The Morgan fingerprint density at radius 3 is 2.23 bits per heavy atom. The molecule has 0 radical (unpaired) electrons. The summed E-state index contributed by atoms with van der Waals surface area (Å²) in [6.45, 7) is 0. The third-order valence-corrected chi connectivity index (χ3v) is 7.06. The van der Waals surface area contributed by atoms with Crippen LogP contribution in [0, 0.1) is 0 Å². The zero-order chi connectivity index (χ0) is 25.1. The molecule has 0 aliphatic carbocycles. The summed E-state index contributed by atoms with van der Waals surface area (Å²) in [5.41, 5.74) is 6.38. The minimum absolute atomic E-state index is 0.147. The first-order valence-electron chi connectivity index (χ1n) is 9.81. The lowest BCUT2D eigenvalue weighted by molar-refractivity contribution is 0.472. The lowest BCUT2D eigenvalue weighted by Gasteiger charge is -2.11. The molecule has 0 saturated heterocycles. The predicted molar refractivity (Wildman–Crippen MR) is 128 cm³/mol. The SMILES string of the molecule is Nc1cc(S(=O)(=O)O)cc2cc(S(=O)(=O)O)c(N=Nc3ccc4c(c3)oc3ccccc34)c(O)c12. The summed E-state index contributed by atoms with van der Waals surface area (Å²) in [7, 11) is -9.64. The average molecular weight is 514 g/mol. The molecule has 1 aromatic heterocycles. The molecule has 4 aromatic carbocycles. The third-order valence-electron chi connectivity index (χ3n) is 5.36. The second-order valence-corrected chi connectivity index (χ2v) is 10.4. The largest absolute Gasteiger partial charge is 0.505 e. The van der Waals surface area contributed by atoms with E-state index in [0.29, 0.717) is 11.2 Å². The molecule has 1 heterocycles. The van der Waals surface area contributed by atoms with Crippen LogP contribution >= 0.6 is 0 Å². The van der Waals surface area contributed by atoms with Gasteiger partial charge in [0, 0.05) is 27.9 Å². The molecule has 0 unspecified atom stereocenters. The molecule has 0 spiro atoms. The lowest BCUT2D eigenvalue weighted by atomic mass is 10.1. The van der Waals surface area contributed by atoms with Crippen molar-refractivity contribution in [1.82, 2.24) is 0 Å². The zero-order valence-corrected chi connectivity index (χ0v) is 19.1. The number of rotatable bonds is 4. The molecular formula is C22H15N3O8S2. The van der Waals surface area contributed by atoms with E-state index in [4.69, 9.17) is 10.2 Å². The summed E-state index contributed by atoms with van der Waals surface area (Å²) in [5, 5.41) is 20.0. The van der Waals surface area contributed by atoms with Crippen LogP contribution in [0.25, 0.3) is 32.7 Å². The normalized spacial score (nSPS) is 12.9. The van der Waals surface area contributed by atoms with Gasteiger partial charge in [-0.1, -0.05) is 18.2 Å². The molecule has 35 heavy (non-hydrogen) atoms.